The number of rotatable bonds is 72. The monoisotopic (exact) mass is 1480 g/mol. The molecule has 0 aromatic heterocycles. The third kappa shape index (κ3) is 70.6. The Kier molecular flexibility index (Phi) is 88.0. The standard InChI is InChI=1S/C61H94N2.2C20H41.Ni/c1-5-9-13-16-19-21-23-24-25-26-27-28-29-30-31-33-35-37-40-49-58(54-63-62)60(51-41-38-18-15-11-7-3)61(57-50-44-46-55(53-57)45-12-8-4)59-52-43-42-48-56(59)47-39-36-34-32-22-20-17-14-10-6-2;2*1-3-5-7-9-11-13-15-17-19-20-18-16-14-12-10-8-6-4-2;/h42-44,46,48,50,52-53H,5-33,35,37-39,41,45,47,51H2,1-4H3;2*1,3-20H2,2H3;/q;2*-1;+2. The summed E-state index contributed by atoms with van der Waals surface area (Å²) >= 11 is 0. The largest absolute Gasteiger partial charge is 2.00 e. The molecule has 2 aromatic rings. The van der Waals surface area contributed by atoms with E-state index in [2.05, 4.69) is 138 Å². The zero-order valence-corrected chi connectivity index (χ0v) is 71.9. The van der Waals surface area contributed by atoms with Crippen LogP contribution in [0.1, 0.15) is 520 Å². The van der Waals surface area contributed by atoms with Gasteiger partial charge in [-0.2, -0.15) is 12.8 Å². The molecule has 0 bridgehead atoms. The van der Waals surface area contributed by atoms with Gasteiger partial charge in [0, 0.05) is 19.3 Å². The van der Waals surface area contributed by atoms with Crippen molar-refractivity contribution in [1.29, 1.82) is 0 Å². The molecular formula is C101H176N2Ni. The van der Waals surface area contributed by atoms with Gasteiger partial charge in [-0.05, 0) is 78.3 Å². The zero-order valence-electron chi connectivity index (χ0n) is 70.9. The molecule has 2 rings (SSSR count). The third-order valence-electron chi connectivity index (χ3n) is 21.5. The van der Waals surface area contributed by atoms with Crippen LogP contribution in [-0.2, 0) is 29.3 Å². The molecule has 0 unspecified atom stereocenters. The van der Waals surface area contributed by atoms with E-state index in [0.717, 1.165) is 75.4 Å². The van der Waals surface area contributed by atoms with Gasteiger partial charge < -0.3 is 19.4 Å². The first-order valence-electron chi connectivity index (χ1n) is 46.4. The van der Waals surface area contributed by atoms with E-state index < -0.39 is 0 Å². The summed E-state index contributed by atoms with van der Waals surface area (Å²) in [5, 5.41) is 0. The van der Waals surface area contributed by atoms with Crippen molar-refractivity contribution in [2.75, 3.05) is 0 Å². The van der Waals surface area contributed by atoms with E-state index in [1.54, 1.807) is 0 Å². The maximum atomic E-state index is 10.1. The van der Waals surface area contributed by atoms with Crippen molar-refractivity contribution in [3.63, 3.8) is 0 Å². The molecule has 2 nitrogen and oxygen atoms in total. The van der Waals surface area contributed by atoms with Crippen LogP contribution in [0.3, 0.4) is 0 Å². The summed E-state index contributed by atoms with van der Waals surface area (Å²) in [4.78, 5) is 3.54. The molecule has 0 fully saturated rings. The number of allylic oxidation sites excluding steroid dienone is 2. The number of benzene rings is 2. The van der Waals surface area contributed by atoms with Crippen LogP contribution in [0.25, 0.3) is 11.1 Å². The summed E-state index contributed by atoms with van der Waals surface area (Å²) in [6.07, 6.45) is 98.0. The first-order chi connectivity index (χ1) is 51.0. The fourth-order valence-corrected chi connectivity index (χ4v) is 14.7. The Morgan fingerprint density at radius 3 is 0.971 bits per heavy atom. The normalized spacial score (nSPS) is 11.1. The second-order valence-electron chi connectivity index (χ2n) is 31.5. The van der Waals surface area contributed by atoms with E-state index in [4.69, 9.17) is 0 Å². The Bertz CT molecular complexity index is 2230. The van der Waals surface area contributed by atoms with Crippen molar-refractivity contribution in [2.24, 2.45) is 0 Å². The molecule has 104 heavy (non-hydrogen) atoms. The molecule has 0 atom stereocenters. The SMILES string of the molecule is CCCCCCCCC#CCCc1ccccc1C(=C(CCCCCCCC)C(=C=[N+]=[N-])C#CCCCCCCCCCCCCCCCCCCC)c1cccc(CCCC)c1.[CH2-]CCCCCCCCCCCCCCCCCCC.[CH2-]CCCCCCCCCCCCCCCCCCC.[Ni+2]. The number of hydrogen-bond donors (Lipinski definition) is 0. The molecule has 0 aliphatic carbocycles. The summed E-state index contributed by atoms with van der Waals surface area (Å²) in [7, 11) is 0. The Morgan fingerprint density at radius 1 is 0.317 bits per heavy atom. The predicted molar refractivity (Wildman–Crippen MR) is 467 cm³/mol. The molecule has 0 saturated carbocycles. The maximum Gasteiger partial charge on any atom is 2.00 e. The summed E-state index contributed by atoms with van der Waals surface area (Å²) in [6.45, 7) is 21.5. The van der Waals surface area contributed by atoms with Crippen LogP contribution in [0.4, 0.5) is 0 Å². The molecule has 0 saturated heterocycles. The molecule has 0 radical (unpaired) electrons. The summed E-state index contributed by atoms with van der Waals surface area (Å²) in [6, 6.07) is 18.1. The second-order valence-corrected chi connectivity index (χ2v) is 31.5. The van der Waals surface area contributed by atoms with E-state index in [-0.39, 0.29) is 16.5 Å². The van der Waals surface area contributed by atoms with Gasteiger partial charge in [0.25, 0.3) is 0 Å². The van der Waals surface area contributed by atoms with Gasteiger partial charge >= 0.3 is 22.4 Å². The Morgan fingerprint density at radius 2 is 0.625 bits per heavy atom. The van der Waals surface area contributed by atoms with Crippen LogP contribution in [-0.4, -0.2) is 10.7 Å². The molecule has 0 heterocycles. The van der Waals surface area contributed by atoms with Gasteiger partial charge in [0.1, 0.15) is 0 Å². The number of hydrogen-bond acceptors (Lipinski definition) is 0. The van der Waals surface area contributed by atoms with E-state index in [1.807, 2.05) is 0 Å². The average Bonchev–Trinajstić information content (AvgIpc) is 0.792. The van der Waals surface area contributed by atoms with E-state index in [9.17, 15) is 5.53 Å². The van der Waals surface area contributed by atoms with E-state index in [0.29, 0.717) is 0 Å². The minimum atomic E-state index is 0. The smallest absolute Gasteiger partial charge is 0.348 e. The van der Waals surface area contributed by atoms with Crippen molar-refractivity contribution in [2.45, 2.75) is 510 Å². The number of aryl methyl sites for hydroxylation is 2. The van der Waals surface area contributed by atoms with E-state index in [1.165, 1.54) is 432 Å². The van der Waals surface area contributed by atoms with Gasteiger partial charge in [-0.3, -0.25) is 0 Å². The third-order valence-corrected chi connectivity index (χ3v) is 21.5. The minimum absolute atomic E-state index is 0. The quantitative estimate of drug-likeness (QED) is 0.00925. The molecule has 0 aliphatic rings. The molecular weight excluding hydrogens is 1300 g/mol. The minimum Gasteiger partial charge on any atom is -0.348 e. The number of unbranched alkanes of at least 4 members (excludes halogenated alkanes) is 63. The predicted octanol–water partition coefficient (Wildman–Crippen LogP) is 34.9. The van der Waals surface area contributed by atoms with Crippen LogP contribution >= 0.6 is 0 Å². The Labute approximate surface area is 663 Å². The Balaban J connectivity index is 0. The molecule has 0 amide bonds. The van der Waals surface area contributed by atoms with Crippen molar-refractivity contribution < 1.29 is 21.3 Å². The maximum absolute atomic E-state index is 10.1. The van der Waals surface area contributed by atoms with Gasteiger partial charge in [-0.1, -0.05) is 494 Å². The number of nitrogens with zero attached hydrogens (tertiary/aromatic N) is 2. The topological polar surface area (TPSA) is 36.4 Å². The first-order valence-corrected chi connectivity index (χ1v) is 46.4. The average molecular weight is 1480 g/mol. The second kappa shape index (κ2) is 88.9. The van der Waals surface area contributed by atoms with Crippen LogP contribution in [0.2, 0.25) is 0 Å². The molecule has 0 N–H and O–H groups in total. The van der Waals surface area contributed by atoms with Crippen molar-refractivity contribution in [3.8, 4) is 23.7 Å². The Hall–Kier alpha value is -3.05. The van der Waals surface area contributed by atoms with Crippen LogP contribution in [0, 0.1) is 37.5 Å². The molecule has 3 heteroatoms. The summed E-state index contributed by atoms with van der Waals surface area (Å²) < 4.78 is 0. The molecule has 0 spiro atoms. The van der Waals surface area contributed by atoms with Crippen molar-refractivity contribution in [3.05, 3.63) is 101 Å². The van der Waals surface area contributed by atoms with Gasteiger partial charge in [0.15, 0.2) is 5.57 Å². The van der Waals surface area contributed by atoms with Crippen LogP contribution in [0.15, 0.2) is 59.7 Å². The van der Waals surface area contributed by atoms with Gasteiger partial charge in [0.05, 0.1) is 0 Å². The fourth-order valence-electron chi connectivity index (χ4n) is 14.7. The molecule has 0 aliphatic heterocycles. The van der Waals surface area contributed by atoms with Crippen molar-refractivity contribution >= 4 is 11.4 Å². The van der Waals surface area contributed by atoms with Crippen molar-refractivity contribution in [1.82, 2.24) is 0 Å². The van der Waals surface area contributed by atoms with Crippen LogP contribution < -0.4 is 0 Å². The van der Waals surface area contributed by atoms with Gasteiger partial charge in [-0.25, -0.2) is 0 Å². The van der Waals surface area contributed by atoms with Crippen LogP contribution in [0.5, 0.6) is 0 Å². The summed E-state index contributed by atoms with van der Waals surface area (Å²) in [5.41, 5.74) is 18.3. The first kappa shape index (κ1) is 103. The van der Waals surface area contributed by atoms with Gasteiger partial charge in [0.2, 0.25) is 0 Å². The fraction of sp³-hybridized carbons (Fsp3) is 0.782. The van der Waals surface area contributed by atoms with E-state index >= 15 is 0 Å². The van der Waals surface area contributed by atoms with Gasteiger partial charge in [-0.15, -0.1) is 16.6 Å². The zero-order chi connectivity index (χ0) is 74.6. The molecule has 2 aromatic carbocycles. The summed E-state index contributed by atoms with van der Waals surface area (Å²) in [5.74, 6) is 17.1. The molecule has 600 valence electrons.